The van der Waals surface area contributed by atoms with Crippen molar-refractivity contribution in [2.45, 2.75) is 25.8 Å². The van der Waals surface area contributed by atoms with Gasteiger partial charge >= 0.3 is 0 Å². The van der Waals surface area contributed by atoms with Crippen LogP contribution < -0.4 is 5.73 Å². The Kier molecular flexibility index (Phi) is 7.56. The first-order chi connectivity index (χ1) is 8.45. The molecule has 2 N–H and O–H groups in total. The van der Waals surface area contributed by atoms with Crippen molar-refractivity contribution >= 4 is 18.3 Å². The molecule has 19 heavy (non-hydrogen) atoms. The van der Waals surface area contributed by atoms with Crippen LogP contribution in [0.1, 0.15) is 18.9 Å². The molecule has 0 aromatic heterocycles. The lowest BCUT2D eigenvalue weighted by Gasteiger charge is -2.23. The smallest absolute Gasteiger partial charge is 0.222 e. The summed E-state index contributed by atoms with van der Waals surface area (Å²) in [5.41, 5.74) is 5.68. The van der Waals surface area contributed by atoms with Crippen LogP contribution in [0.15, 0.2) is 18.2 Å². The Balaban J connectivity index is 0.00000324. The third-order valence-electron chi connectivity index (χ3n) is 3.01. The van der Waals surface area contributed by atoms with Crippen LogP contribution in [0.25, 0.3) is 0 Å². The van der Waals surface area contributed by atoms with Crippen LogP contribution >= 0.6 is 12.4 Å². The highest BCUT2D eigenvalue weighted by atomic mass is 35.5. The van der Waals surface area contributed by atoms with Crippen molar-refractivity contribution in [1.29, 1.82) is 0 Å². The van der Waals surface area contributed by atoms with Gasteiger partial charge in [-0.25, -0.2) is 8.78 Å². The zero-order valence-electron chi connectivity index (χ0n) is 11.0. The lowest BCUT2D eigenvalue weighted by atomic mass is 10.1. The van der Waals surface area contributed by atoms with Crippen LogP contribution in [0.5, 0.6) is 0 Å². The zero-order chi connectivity index (χ0) is 13.7. The van der Waals surface area contributed by atoms with E-state index < -0.39 is 11.6 Å². The monoisotopic (exact) mass is 292 g/mol. The average Bonchev–Trinajstić information content (AvgIpc) is 2.37. The molecule has 0 aliphatic rings. The predicted molar refractivity (Wildman–Crippen MR) is 73.2 cm³/mol. The largest absolute Gasteiger partial charge is 0.342 e. The average molecular weight is 293 g/mol. The van der Waals surface area contributed by atoms with Crippen LogP contribution in [-0.2, 0) is 11.2 Å². The number of nitrogens with two attached hydrogens (primary N) is 1. The number of hydrogen-bond donors (Lipinski definition) is 1. The molecule has 1 aromatic rings. The fourth-order valence-corrected chi connectivity index (χ4v) is 1.56. The number of hydrogen-bond acceptors (Lipinski definition) is 2. The van der Waals surface area contributed by atoms with E-state index in [-0.39, 0.29) is 42.8 Å². The SMILES string of the molecule is CC(CN)N(C)C(=O)CCc1cc(F)ccc1F.Cl. The third kappa shape index (κ3) is 5.12. The molecule has 1 rings (SSSR count). The van der Waals surface area contributed by atoms with Gasteiger partial charge in [0.2, 0.25) is 5.91 Å². The molecule has 0 bridgehead atoms. The van der Waals surface area contributed by atoms with E-state index in [4.69, 9.17) is 5.73 Å². The van der Waals surface area contributed by atoms with Crippen molar-refractivity contribution in [3.05, 3.63) is 35.4 Å². The molecule has 3 nitrogen and oxygen atoms in total. The van der Waals surface area contributed by atoms with Crippen LogP contribution in [0, 0.1) is 11.6 Å². The van der Waals surface area contributed by atoms with Crippen molar-refractivity contribution in [1.82, 2.24) is 4.90 Å². The van der Waals surface area contributed by atoms with Gasteiger partial charge < -0.3 is 10.6 Å². The molecule has 1 unspecified atom stereocenters. The molecule has 1 atom stereocenters. The van der Waals surface area contributed by atoms with Gasteiger partial charge in [-0.15, -0.1) is 12.4 Å². The molecule has 6 heteroatoms. The summed E-state index contributed by atoms with van der Waals surface area (Å²) in [5, 5.41) is 0. The number of aryl methyl sites for hydroxylation is 1. The summed E-state index contributed by atoms with van der Waals surface area (Å²) in [6.45, 7) is 2.21. The van der Waals surface area contributed by atoms with Crippen LogP contribution in [0.3, 0.4) is 0 Å². The molecular formula is C13H19ClF2N2O. The van der Waals surface area contributed by atoms with E-state index in [1.54, 1.807) is 7.05 Å². The Hall–Kier alpha value is -1.20. The first-order valence-corrected chi connectivity index (χ1v) is 5.85. The highest BCUT2D eigenvalue weighted by Gasteiger charge is 2.15. The van der Waals surface area contributed by atoms with Crippen LogP contribution in [-0.4, -0.2) is 30.4 Å². The van der Waals surface area contributed by atoms with Gasteiger partial charge in [0.15, 0.2) is 0 Å². The van der Waals surface area contributed by atoms with Gasteiger partial charge in [-0.3, -0.25) is 4.79 Å². The highest BCUT2D eigenvalue weighted by molar-refractivity contribution is 5.85. The lowest BCUT2D eigenvalue weighted by Crippen LogP contribution is -2.39. The van der Waals surface area contributed by atoms with Gasteiger partial charge in [0.25, 0.3) is 0 Å². The van der Waals surface area contributed by atoms with E-state index in [1.165, 1.54) is 4.90 Å². The lowest BCUT2D eigenvalue weighted by molar-refractivity contribution is -0.131. The number of nitrogens with zero attached hydrogens (tertiary/aromatic N) is 1. The Bertz CT molecular complexity index is 429. The van der Waals surface area contributed by atoms with Gasteiger partial charge in [0, 0.05) is 26.1 Å². The summed E-state index contributed by atoms with van der Waals surface area (Å²) in [6.07, 6.45) is 0.325. The van der Waals surface area contributed by atoms with Crippen molar-refractivity contribution in [2.75, 3.05) is 13.6 Å². The Morgan fingerprint density at radius 1 is 1.42 bits per heavy atom. The van der Waals surface area contributed by atoms with Crippen LogP contribution in [0.4, 0.5) is 8.78 Å². The van der Waals surface area contributed by atoms with Crippen LogP contribution in [0.2, 0.25) is 0 Å². The Morgan fingerprint density at radius 2 is 2.05 bits per heavy atom. The summed E-state index contributed by atoms with van der Waals surface area (Å²) < 4.78 is 26.3. The van der Waals surface area contributed by atoms with E-state index in [9.17, 15) is 13.6 Å². The maximum absolute atomic E-state index is 13.3. The highest BCUT2D eigenvalue weighted by Crippen LogP contribution is 2.12. The maximum Gasteiger partial charge on any atom is 0.222 e. The number of carbonyl (C=O) groups is 1. The van der Waals surface area contributed by atoms with Crippen molar-refractivity contribution in [3.8, 4) is 0 Å². The van der Waals surface area contributed by atoms with E-state index in [2.05, 4.69) is 0 Å². The zero-order valence-corrected chi connectivity index (χ0v) is 11.8. The van der Waals surface area contributed by atoms with Gasteiger partial charge in [-0.1, -0.05) is 0 Å². The molecule has 1 amide bonds. The molecule has 0 aliphatic carbocycles. The topological polar surface area (TPSA) is 46.3 Å². The predicted octanol–water partition coefficient (Wildman–Crippen LogP) is 2.12. The standard InChI is InChI=1S/C13H18F2N2O.ClH/c1-9(8-16)17(2)13(18)6-3-10-7-11(14)4-5-12(10)15;/h4-5,7,9H,3,6,8,16H2,1-2H3;1H. The minimum atomic E-state index is -0.498. The van der Waals surface area contributed by atoms with Gasteiger partial charge in [0.1, 0.15) is 11.6 Å². The van der Waals surface area contributed by atoms with E-state index in [0.29, 0.717) is 6.54 Å². The number of halogens is 3. The molecule has 1 aromatic carbocycles. The van der Waals surface area contributed by atoms with Gasteiger partial charge in [-0.2, -0.15) is 0 Å². The Labute approximate surface area is 118 Å². The second-order valence-corrected chi connectivity index (χ2v) is 4.33. The number of amides is 1. The van der Waals surface area contributed by atoms with E-state index >= 15 is 0 Å². The molecule has 0 aliphatic heterocycles. The number of carbonyl (C=O) groups excluding carboxylic acids is 1. The first kappa shape index (κ1) is 17.8. The molecular weight excluding hydrogens is 274 g/mol. The molecule has 0 saturated carbocycles. The third-order valence-corrected chi connectivity index (χ3v) is 3.01. The number of rotatable bonds is 5. The summed E-state index contributed by atoms with van der Waals surface area (Å²) in [4.78, 5) is 13.3. The van der Waals surface area contributed by atoms with E-state index in [1.807, 2.05) is 6.92 Å². The molecule has 0 saturated heterocycles. The second kappa shape index (κ2) is 8.07. The van der Waals surface area contributed by atoms with Gasteiger partial charge in [-0.05, 0) is 37.1 Å². The quantitative estimate of drug-likeness (QED) is 0.904. The fraction of sp³-hybridized carbons (Fsp3) is 0.462. The Morgan fingerprint density at radius 3 is 2.63 bits per heavy atom. The van der Waals surface area contributed by atoms with Crippen molar-refractivity contribution in [2.24, 2.45) is 5.73 Å². The van der Waals surface area contributed by atoms with Gasteiger partial charge in [0.05, 0.1) is 0 Å². The van der Waals surface area contributed by atoms with Crippen molar-refractivity contribution in [3.63, 3.8) is 0 Å². The molecule has 0 radical (unpaired) electrons. The van der Waals surface area contributed by atoms with E-state index in [0.717, 1.165) is 18.2 Å². The maximum atomic E-state index is 13.3. The molecule has 0 heterocycles. The summed E-state index contributed by atoms with van der Waals surface area (Å²) in [5.74, 6) is -1.11. The molecule has 108 valence electrons. The summed E-state index contributed by atoms with van der Waals surface area (Å²) in [6, 6.07) is 3.19. The minimum absolute atomic E-state index is 0. The summed E-state index contributed by atoms with van der Waals surface area (Å²) in [7, 11) is 1.65. The second-order valence-electron chi connectivity index (χ2n) is 4.33. The van der Waals surface area contributed by atoms with Crippen molar-refractivity contribution < 1.29 is 13.6 Å². The number of benzene rings is 1. The summed E-state index contributed by atoms with van der Waals surface area (Å²) >= 11 is 0. The number of likely N-dealkylation sites (N-methyl/N-ethyl adjacent to an activating group) is 1. The first-order valence-electron chi connectivity index (χ1n) is 5.85. The normalized spacial score (nSPS) is 11.6. The fourth-order valence-electron chi connectivity index (χ4n) is 1.56. The molecule has 0 fully saturated rings. The minimum Gasteiger partial charge on any atom is -0.342 e. The molecule has 0 spiro atoms.